The van der Waals surface area contributed by atoms with Crippen LogP contribution in [0.1, 0.15) is 39.0 Å². The summed E-state index contributed by atoms with van der Waals surface area (Å²) in [5.41, 5.74) is 0. The molecule has 0 aromatic carbocycles. The molecule has 2 unspecified atom stereocenters. The van der Waals surface area contributed by atoms with Gasteiger partial charge in [0.1, 0.15) is 6.10 Å². The van der Waals surface area contributed by atoms with Gasteiger partial charge in [-0.1, -0.05) is 19.3 Å². The fraction of sp³-hybridized carbons (Fsp3) is 1.00. The Morgan fingerprint density at radius 2 is 1.92 bits per heavy atom. The molecule has 70 valence electrons. The van der Waals surface area contributed by atoms with E-state index in [4.69, 9.17) is 9.47 Å². The van der Waals surface area contributed by atoms with Gasteiger partial charge in [0.25, 0.3) is 0 Å². The minimum atomic E-state index is 0.327. The lowest BCUT2D eigenvalue weighted by Crippen LogP contribution is -2.25. The van der Waals surface area contributed by atoms with Crippen molar-refractivity contribution in [3.63, 3.8) is 0 Å². The largest absolute Gasteiger partial charge is 0.372 e. The Kier molecular flexibility index (Phi) is 2.66. The molecule has 2 fully saturated rings. The highest BCUT2D eigenvalue weighted by Gasteiger charge is 2.32. The van der Waals surface area contributed by atoms with E-state index in [-0.39, 0.29) is 0 Å². The Balaban J connectivity index is 1.69. The second kappa shape index (κ2) is 3.75. The van der Waals surface area contributed by atoms with Crippen LogP contribution in [-0.4, -0.2) is 24.9 Å². The number of hydrogen-bond donors (Lipinski definition) is 0. The van der Waals surface area contributed by atoms with E-state index in [2.05, 4.69) is 6.92 Å². The van der Waals surface area contributed by atoms with Crippen LogP contribution in [0.25, 0.3) is 0 Å². The Hall–Kier alpha value is -0.0800. The zero-order valence-corrected chi connectivity index (χ0v) is 7.79. The van der Waals surface area contributed by atoms with Gasteiger partial charge in [0.2, 0.25) is 0 Å². The molecule has 0 aromatic heterocycles. The summed E-state index contributed by atoms with van der Waals surface area (Å²) < 4.78 is 11.1. The van der Waals surface area contributed by atoms with Crippen molar-refractivity contribution < 1.29 is 9.47 Å². The van der Waals surface area contributed by atoms with E-state index in [0.29, 0.717) is 18.3 Å². The molecule has 2 nitrogen and oxygen atoms in total. The Morgan fingerprint density at radius 1 is 1.25 bits per heavy atom. The van der Waals surface area contributed by atoms with E-state index in [1.54, 1.807) is 0 Å². The summed E-state index contributed by atoms with van der Waals surface area (Å²) in [6.45, 7) is 3.04. The monoisotopic (exact) mass is 170 g/mol. The molecule has 1 aliphatic heterocycles. The van der Waals surface area contributed by atoms with E-state index in [0.717, 1.165) is 6.61 Å². The second-order valence-corrected chi connectivity index (χ2v) is 3.97. The molecule has 2 aliphatic rings. The van der Waals surface area contributed by atoms with E-state index < -0.39 is 0 Å². The van der Waals surface area contributed by atoms with Crippen LogP contribution in [0.3, 0.4) is 0 Å². The molecule has 1 heterocycles. The summed E-state index contributed by atoms with van der Waals surface area (Å²) in [5.74, 6) is 0. The number of rotatable bonds is 3. The van der Waals surface area contributed by atoms with Crippen molar-refractivity contribution in [2.24, 2.45) is 0 Å². The normalized spacial score (nSPS) is 33.2. The maximum absolute atomic E-state index is 5.89. The lowest BCUT2D eigenvalue weighted by atomic mass is 9.97. The summed E-state index contributed by atoms with van der Waals surface area (Å²) in [4.78, 5) is 0. The molecule has 1 aliphatic carbocycles. The van der Waals surface area contributed by atoms with Gasteiger partial charge < -0.3 is 9.47 Å². The fourth-order valence-electron chi connectivity index (χ4n) is 1.92. The first-order chi connectivity index (χ1) is 5.86. The molecule has 2 atom stereocenters. The SMILES string of the molecule is CC(OC1CCCCC1)C1CO1. The zero-order valence-electron chi connectivity index (χ0n) is 7.79. The molecule has 1 saturated carbocycles. The second-order valence-electron chi connectivity index (χ2n) is 3.97. The van der Waals surface area contributed by atoms with Crippen LogP contribution in [0.15, 0.2) is 0 Å². The average Bonchev–Trinajstić information content (AvgIpc) is 2.88. The molecule has 0 N–H and O–H groups in total. The van der Waals surface area contributed by atoms with Gasteiger partial charge >= 0.3 is 0 Å². The molecule has 0 spiro atoms. The number of hydrogen-bond acceptors (Lipinski definition) is 2. The summed E-state index contributed by atoms with van der Waals surface area (Å²) in [7, 11) is 0. The van der Waals surface area contributed by atoms with Crippen molar-refractivity contribution in [1.29, 1.82) is 0 Å². The van der Waals surface area contributed by atoms with Gasteiger partial charge in [-0.3, -0.25) is 0 Å². The number of epoxide rings is 1. The summed E-state index contributed by atoms with van der Waals surface area (Å²) in [5, 5.41) is 0. The maximum atomic E-state index is 5.89. The van der Waals surface area contributed by atoms with E-state index in [1.807, 2.05) is 0 Å². The maximum Gasteiger partial charge on any atom is 0.107 e. The standard InChI is InChI=1S/C10H18O2/c1-8(10-7-11-10)12-9-5-3-2-4-6-9/h8-10H,2-7H2,1H3. The smallest absolute Gasteiger partial charge is 0.107 e. The highest BCUT2D eigenvalue weighted by molar-refractivity contribution is 4.78. The van der Waals surface area contributed by atoms with Crippen LogP contribution in [0.2, 0.25) is 0 Å². The Labute approximate surface area is 74.2 Å². The lowest BCUT2D eigenvalue weighted by molar-refractivity contribution is -0.0322. The van der Waals surface area contributed by atoms with Gasteiger partial charge in [0, 0.05) is 0 Å². The highest BCUT2D eigenvalue weighted by Crippen LogP contribution is 2.25. The van der Waals surface area contributed by atoms with Gasteiger partial charge in [-0.2, -0.15) is 0 Å². The van der Waals surface area contributed by atoms with E-state index >= 15 is 0 Å². The molecular formula is C10H18O2. The van der Waals surface area contributed by atoms with Crippen molar-refractivity contribution in [3.8, 4) is 0 Å². The number of ether oxygens (including phenoxy) is 2. The molecule has 1 saturated heterocycles. The first-order valence-corrected chi connectivity index (χ1v) is 5.13. The van der Waals surface area contributed by atoms with Crippen LogP contribution in [0, 0.1) is 0 Å². The van der Waals surface area contributed by atoms with Gasteiger partial charge in [0.05, 0.1) is 18.8 Å². The van der Waals surface area contributed by atoms with Crippen LogP contribution in [0.5, 0.6) is 0 Å². The third-order valence-corrected chi connectivity index (χ3v) is 2.84. The molecule has 2 rings (SSSR count). The van der Waals surface area contributed by atoms with E-state index in [1.165, 1.54) is 32.1 Å². The van der Waals surface area contributed by atoms with Gasteiger partial charge in [0.15, 0.2) is 0 Å². The first kappa shape index (κ1) is 8.52. The topological polar surface area (TPSA) is 21.8 Å². The van der Waals surface area contributed by atoms with Crippen molar-refractivity contribution in [1.82, 2.24) is 0 Å². The predicted octanol–water partition coefficient (Wildman–Crippen LogP) is 2.12. The van der Waals surface area contributed by atoms with Crippen molar-refractivity contribution in [2.75, 3.05) is 6.61 Å². The summed E-state index contributed by atoms with van der Waals surface area (Å²) in [6.07, 6.45) is 7.88. The van der Waals surface area contributed by atoms with Crippen molar-refractivity contribution in [3.05, 3.63) is 0 Å². The first-order valence-electron chi connectivity index (χ1n) is 5.13. The van der Waals surface area contributed by atoms with Gasteiger partial charge in [-0.15, -0.1) is 0 Å². The molecule has 0 aromatic rings. The Bertz CT molecular complexity index is 137. The molecule has 0 radical (unpaired) electrons. The van der Waals surface area contributed by atoms with Crippen LogP contribution < -0.4 is 0 Å². The van der Waals surface area contributed by atoms with Crippen LogP contribution in [-0.2, 0) is 9.47 Å². The van der Waals surface area contributed by atoms with Crippen molar-refractivity contribution >= 4 is 0 Å². The fourth-order valence-corrected chi connectivity index (χ4v) is 1.92. The van der Waals surface area contributed by atoms with Gasteiger partial charge in [-0.25, -0.2) is 0 Å². The summed E-state index contributed by atoms with van der Waals surface area (Å²) >= 11 is 0. The Morgan fingerprint density at radius 3 is 2.50 bits per heavy atom. The zero-order chi connectivity index (χ0) is 8.39. The van der Waals surface area contributed by atoms with Crippen LogP contribution in [0.4, 0.5) is 0 Å². The third-order valence-electron chi connectivity index (χ3n) is 2.84. The lowest BCUT2D eigenvalue weighted by Gasteiger charge is -2.24. The summed E-state index contributed by atoms with van der Waals surface area (Å²) in [6, 6.07) is 0. The van der Waals surface area contributed by atoms with Crippen LogP contribution >= 0.6 is 0 Å². The average molecular weight is 170 g/mol. The third kappa shape index (κ3) is 2.20. The van der Waals surface area contributed by atoms with Crippen molar-refractivity contribution in [2.45, 2.75) is 57.3 Å². The minimum absolute atomic E-state index is 0.327. The minimum Gasteiger partial charge on any atom is -0.372 e. The predicted molar refractivity (Wildman–Crippen MR) is 47.2 cm³/mol. The van der Waals surface area contributed by atoms with E-state index in [9.17, 15) is 0 Å². The highest BCUT2D eigenvalue weighted by atomic mass is 16.6. The molecule has 2 heteroatoms. The molecule has 12 heavy (non-hydrogen) atoms. The molecule has 0 amide bonds. The van der Waals surface area contributed by atoms with Gasteiger partial charge in [-0.05, 0) is 19.8 Å². The quantitative estimate of drug-likeness (QED) is 0.605. The molecular weight excluding hydrogens is 152 g/mol. The molecule has 0 bridgehead atoms.